The van der Waals surface area contributed by atoms with Gasteiger partial charge in [0, 0.05) is 0 Å². The van der Waals surface area contributed by atoms with E-state index in [-0.39, 0.29) is 5.91 Å². The summed E-state index contributed by atoms with van der Waals surface area (Å²) < 4.78 is 16.9. The van der Waals surface area contributed by atoms with Crippen LogP contribution in [-0.4, -0.2) is 31.9 Å². The highest BCUT2D eigenvalue weighted by Gasteiger charge is 2.24. The standard InChI is InChI=1S/C21H19BrN2O4S/c1-4-9-28-19-16(22)10-13(11-17(19)27-3)12-18-20(25)24-21(29-18)23-14-5-7-15(26-2)8-6-14/h4-8,10-12H,1,9H2,2-3H3,(H,23,24,25)/b18-12-. The van der Waals surface area contributed by atoms with E-state index in [1.54, 1.807) is 26.4 Å². The van der Waals surface area contributed by atoms with E-state index in [1.807, 2.05) is 36.4 Å². The van der Waals surface area contributed by atoms with Gasteiger partial charge in [-0.3, -0.25) is 4.79 Å². The van der Waals surface area contributed by atoms with Crippen molar-refractivity contribution in [2.24, 2.45) is 4.99 Å². The molecular weight excluding hydrogens is 456 g/mol. The Hall–Kier alpha value is -2.71. The number of carbonyl (C=O) groups is 1. The van der Waals surface area contributed by atoms with Crippen molar-refractivity contribution in [2.75, 3.05) is 20.8 Å². The van der Waals surface area contributed by atoms with Crippen molar-refractivity contribution in [3.05, 3.63) is 64.0 Å². The first-order chi connectivity index (χ1) is 14.0. The third kappa shape index (κ3) is 5.21. The number of amides is 1. The van der Waals surface area contributed by atoms with Crippen LogP contribution < -0.4 is 19.5 Å². The molecule has 0 radical (unpaired) electrons. The third-order valence-electron chi connectivity index (χ3n) is 3.85. The Morgan fingerprint density at radius 3 is 2.62 bits per heavy atom. The fourth-order valence-electron chi connectivity index (χ4n) is 2.51. The molecule has 0 aliphatic carbocycles. The smallest absolute Gasteiger partial charge is 0.264 e. The quantitative estimate of drug-likeness (QED) is 0.455. The molecule has 0 saturated carbocycles. The lowest BCUT2D eigenvalue weighted by atomic mass is 10.2. The van der Waals surface area contributed by atoms with Crippen molar-refractivity contribution in [3.8, 4) is 17.2 Å². The Labute approximate surface area is 181 Å². The number of thioether (sulfide) groups is 1. The maximum atomic E-state index is 12.3. The number of aliphatic imine (C=N–C) groups is 1. The SMILES string of the molecule is C=CCOc1c(Br)cc(/C=C2\SC(=Nc3ccc(OC)cc3)NC2=O)cc1OC. The van der Waals surface area contributed by atoms with Crippen molar-refractivity contribution in [3.63, 3.8) is 0 Å². The number of ether oxygens (including phenoxy) is 3. The summed E-state index contributed by atoms with van der Waals surface area (Å²) in [6.07, 6.45) is 3.44. The number of hydrogen-bond donors (Lipinski definition) is 1. The molecule has 1 aliphatic rings. The molecule has 0 unspecified atom stereocenters. The summed E-state index contributed by atoms with van der Waals surface area (Å²) in [6.45, 7) is 4.01. The van der Waals surface area contributed by atoms with Crippen LogP contribution in [0.1, 0.15) is 5.56 Å². The van der Waals surface area contributed by atoms with Crippen LogP contribution in [0.5, 0.6) is 17.2 Å². The molecule has 2 aromatic rings. The summed E-state index contributed by atoms with van der Waals surface area (Å²) in [5, 5.41) is 3.30. The molecule has 8 heteroatoms. The first-order valence-electron chi connectivity index (χ1n) is 8.59. The number of nitrogens with zero attached hydrogens (tertiary/aromatic N) is 1. The maximum Gasteiger partial charge on any atom is 0.264 e. The van der Waals surface area contributed by atoms with Crippen LogP contribution >= 0.6 is 27.7 Å². The van der Waals surface area contributed by atoms with E-state index in [0.29, 0.717) is 28.2 Å². The van der Waals surface area contributed by atoms with E-state index in [0.717, 1.165) is 21.5 Å². The van der Waals surface area contributed by atoms with Crippen molar-refractivity contribution in [2.45, 2.75) is 0 Å². The van der Waals surface area contributed by atoms with E-state index in [9.17, 15) is 4.79 Å². The molecule has 6 nitrogen and oxygen atoms in total. The number of amidine groups is 1. The van der Waals surface area contributed by atoms with Crippen molar-refractivity contribution in [1.29, 1.82) is 0 Å². The average Bonchev–Trinajstić information content (AvgIpc) is 3.06. The van der Waals surface area contributed by atoms with Crippen LogP contribution in [0.4, 0.5) is 5.69 Å². The minimum atomic E-state index is -0.204. The number of carbonyl (C=O) groups excluding carboxylic acids is 1. The molecule has 1 fully saturated rings. The number of methoxy groups -OCH3 is 2. The van der Waals surface area contributed by atoms with E-state index in [4.69, 9.17) is 14.2 Å². The number of halogens is 1. The lowest BCUT2D eigenvalue weighted by Gasteiger charge is -2.12. The Bertz CT molecular complexity index is 987. The minimum Gasteiger partial charge on any atom is -0.497 e. The van der Waals surface area contributed by atoms with Gasteiger partial charge in [-0.2, -0.15) is 0 Å². The van der Waals surface area contributed by atoms with Crippen molar-refractivity contribution < 1.29 is 19.0 Å². The average molecular weight is 475 g/mol. The summed E-state index contributed by atoms with van der Waals surface area (Å²) in [5.74, 6) is 1.69. The van der Waals surface area contributed by atoms with Gasteiger partial charge in [0.15, 0.2) is 16.7 Å². The minimum absolute atomic E-state index is 0.204. The second-order valence-electron chi connectivity index (χ2n) is 5.81. The normalized spacial score (nSPS) is 16.0. The molecule has 1 N–H and O–H groups in total. The highest BCUT2D eigenvalue weighted by atomic mass is 79.9. The van der Waals surface area contributed by atoms with Crippen LogP contribution in [-0.2, 0) is 4.79 Å². The van der Waals surface area contributed by atoms with Crippen LogP contribution in [0.25, 0.3) is 6.08 Å². The third-order valence-corrected chi connectivity index (χ3v) is 5.35. The summed E-state index contributed by atoms with van der Waals surface area (Å²) in [4.78, 5) is 17.3. The predicted octanol–water partition coefficient (Wildman–Crippen LogP) is 4.92. The van der Waals surface area contributed by atoms with Crippen LogP contribution in [0.15, 0.2) is 63.4 Å². The monoisotopic (exact) mass is 474 g/mol. The van der Waals surface area contributed by atoms with Gasteiger partial charge in [0.2, 0.25) is 0 Å². The topological polar surface area (TPSA) is 69.2 Å². The molecule has 0 atom stereocenters. The van der Waals surface area contributed by atoms with Crippen LogP contribution in [0, 0.1) is 0 Å². The van der Waals surface area contributed by atoms with Crippen LogP contribution in [0.3, 0.4) is 0 Å². The highest BCUT2D eigenvalue weighted by Crippen LogP contribution is 2.38. The van der Waals surface area contributed by atoms with Gasteiger partial charge >= 0.3 is 0 Å². The Kier molecular flexibility index (Phi) is 7.00. The van der Waals surface area contributed by atoms with Gasteiger partial charge in [-0.25, -0.2) is 4.99 Å². The lowest BCUT2D eigenvalue weighted by Crippen LogP contribution is -2.19. The molecule has 1 saturated heterocycles. The molecule has 3 rings (SSSR count). The summed E-state index contributed by atoms with van der Waals surface area (Å²) in [7, 11) is 3.17. The number of hydrogen-bond acceptors (Lipinski definition) is 6. The number of nitrogens with one attached hydrogen (secondary N) is 1. The van der Waals surface area contributed by atoms with E-state index in [1.165, 1.54) is 11.8 Å². The van der Waals surface area contributed by atoms with Gasteiger partial charge < -0.3 is 19.5 Å². The zero-order valence-electron chi connectivity index (χ0n) is 15.9. The fraction of sp³-hybridized carbons (Fsp3) is 0.143. The first-order valence-corrected chi connectivity index (χ1v) is 10.2. The fourth-order valence-corrected chi connectivity index (χ4v) is 3.93. The summed E-state index contributed by atoms with van der Waals surface area (Å²) in [6, 6.07) is 11.0. The first kappa shape index (κ1) is 21.0. The Morgan fingerprint density at radius 1 is 1.21 bits per heavy atom. The van der Waals surface area contributed by atoms with Gasteiger partial charge in [0.05, 0.1) is 29.3 Å². The molecule has 0 spiro atoms. The Morgan fingerprint density at radius 2 is 1.97 bits per heavy atom. The molecule has 0 aromatic heterocycles. The second-order valence-corrected chi connectivity index (χ2v) is 7.70. The van der Waals surface area contributed by atoms with Crippen molar-refractivity contribution >= 4 is 50.5 Å². The predicted molar refractivity (Wildman–Crippen MR) is 120 cm³/mol. The molecule has 150 valence electrons. The molecule has 1 heterocycles. The second kappa shape index (κ2) is 9.67. The number of benzene rings is 2. The Balaban J connectivity index is 1.83. The van der Waals surface area contributed by atoms with Crippen molar-refractivity contribution in [1.82, 2.24) is 5.32 Å². The zero-order chi connectivity index (χ0) is 20.8. The summed E-state index contributed by atoms with van der Waals surface area (Å²) in [5.41, 5.74) is 1.52. The lowest BCUT2D eigenvalue weighted by molar-refractivity contribution is -0.115. The summed E-state index contributed by atoms with van der Waals surface area (Å²) >= 11 is 4.77. The molecule has 1 aliphatic heterocycles. The largest absolute Gasteiger partial charge is 0.497 e. The maximum absolute atomic E-state index is 12.3. The molecule has 2 aromatic carbocycles. The van der Waals surface area contributed by atoms with Gasteiger partial charge in [-0.1, -0.05) is 12.7 Å². The van der Waals surface area contributed by atoms with Gasteiger partial charge in [-0.15, -0.1) is 0 Å². The van der Waals surface area contributed by atoms with Crippen LogP contribution in [0.2, 0.25) is 0 Å². The van der Waals surface area contributed by atoms with Gasteiger partial charge in [-0.05, 0) is 75.7 Å². The molecule has 0 bridgehead atoms. The highest BCUT2D eigenvalue weighted by molar-refractivity contribution is 9.10. The van der Waals surface area contributed by atoms with Gasteiger partial charge in [0.25, 0.3) is 5.91 Å². The van der Waals surface area contributed by atoms with E-state index < -0.39 is 0 Å². The molecule has 1 amide bonds. The van der Waals surface area contributed by atoms with E-state index in [2.05, 4.69) is 32.8 Å². The molecule has 29 heavy (non-hydrogen) atoms. The van der Waals surface area contributed by atoms with Gasteiger partial charge in [0.1, 0.15) is 12.4 Å². The number of rotatable bonds is 7. The molecular formula is C21H19BrN2O4S. The zero-order valence-corrected chi connectivity index (χ0v) is 18.3. The van der Waals surface area contributed by atoms with E-state index >= 15 is 0 Å².